The van der Waals surface area contributed by atoms with Crippen LogP contribution in [0.3, 0.4) is 0 Å². The Labute approximate surface area is 108 Å². The van der Waals surface area contributed by atoms with E-state index >= 15 is 0 Å². The Morgan fingerprint density at radius 2 is 1.94 bits per heavy atom. The number of hydrogen-bond acceptors (Lipinski definition) is 2. The van der Waals surface area contributed by atoms with Gasteiger partial charge in [-0.25, -0.2) is 4.79 Å². The van der Waals surface area contributed by atoms with Crippen LogP contribution in [0.2, 0.25) is 0 Å². The number of para-hydroxylation sites is 1. The Hall–Kier alpha value is -1.51. The minimum atomic E-state index is -0.307. The normalized spacial score (nSPS) is 29.9. The molecule has 0 heterocycles. The SMILES string of the molecule is O=C(Nc1ccccc1)O[C@@H]1CC[C@@H]2CCC[C@@H]21. The second-order valence-electron chi connectivity index (χ2n) is 5.37. The predicted octanol–water partition coefficient (Wildman–Crippen LogP) is 3.81. The predicted molar refractivity (Wildman–Crippen MR) is 70.4 cm³/mol. The highest BCUT2D eigenvalue weighted by atomic mass is 16.6. The second kappa shape index (κ2) is 5.01. The van der Waals surface area contributed by atoms with Gasteiger partial charge in [-0.3, -0.25) is 5.32 Å². The van der Waals surface area contributed by atoms with E-state index in [-0.39, 0.29) is 12.2 Å². The molecule has 3 heteroatoms. The summed E-state index contributed by atoms with van der Waals surface area (Å²) in [6.07, 6.45) is 5.96. The first-order chi connectivity index (χ1) is 8.83. The van der Waals surface area contributed by atoms with E-state index in [9.17, 15) is 4.79 Å². The van der Waals surface area contributed by atoms with E-state index in [1.807, 2.05) is 30.3 Å². The molecule has 0 unspecified atom stereocenters. The average molecular weight is 245 g/mol. The summed E-state index contributed by atoms with van der Waals surface area (Å²) < 4.78 is 5.58. The van der Waals surface area contributed by atoms with Gasteiger partial charge in [0.25, 0.3) is 0 Å². The van der Waals surface area contributed by atoms with Crippen molar-refractivity contribution in [1.29, 1.82) is 0 Å². The first-order valence-corrected chi connectivity index (χ1v) is 6.85. The van der Waals surface area contributed by atoms with Crippen molar-refractivity contribution in [3.63, 3.8) is 0 Å². The molecule has 2 aliphatic carbocycles. The van der Waals surface area contributed by atoms with Gasteiger partial charge in [-0.1, -0.05) is 31.0 Å². The number of rotatable bonds is 2. The lowest BCUT2D eigenvalue weighted by atomic mass is 9.99. The Kier molecular flexibility index (Phi) is 3.22. The molecule has 0 radical (unpaired) electrons. The summed E-state index contributed by atoms with van der Waals surface area (Å²) in [6.45, 7) is 0. The van der Waals surface area contributed by atoms with Crippen LogP contribution in [-0.2, 0) is 4.74 Å². The maximum absolute atomic E-state index is 11.8. The zero-order chi connectivity index (χ0) is 12.4. The van der Waals surface area contributed by atoms with Gasteiger partial charge in [0.05, 0.1) is 0 Å². The molecule has 2 saturated carbocycles. The highest BCUT2D eigenvalue weighted by Crippen LogP contribution is 2.45. The molecule has 2 fully saturated rings. The van der Waals surface area contributed by atoms with Crippen LogP contribution in [0.1, 0.15) is 32.1 Å². The number of hydrogen-bond donors (Lipinski definition) is 1. The van der Waals surface area contributed by atoms with Gasteiger partial charge in [0.2, 0.25) is 0 Å². The molecule has 1 N–H and O–H groups in total. The number of fused-ring (bicyclic) bond motifs is 1. The van der Waals surface area contributed by atoms with Crippen molar-refractivity contribution in [3.8, 4) is 0 Å². The van der Waals surface area contributed by atoms with E-state index in [2.05, 4.69) is 5.32 Å². The summed E-state index contributed by atoms with van der Waals surface area (Å²) in [5.41, 5.74) is 0.795. The van der Waals surface area contributed by atoms with Gasteiger partial charge in [0.15, 0.2) is 0 Å². The lowest BCUT2D eigenvalue weighted by molar-refractivity contribution is 0.0835. The first-order valence-electron chi connectivity index (χ1n) is 6.85. The molecule has 1 aromatic rings. The molecule has 0 aromatic heterocycles. The van der Waals surface area contributed by atoms with Crippen LogP contribution < -0.4 is 5.32 Å². The third-order valence-corrected chi connectivity index (χ3v) is 4.30. The molecule has 0 aliphatic heterocycles. The largest absolute Gasteiger partial charge is 0.446 e. The van der Waals surface area contributed by atoms with Gasteiger partial charge < -0.3 is 4.74 Å². The van der Waals surface area contributed by atoms with E-state index in [0.717, 1.165) is 18.0 Å². The van der Waals surface area contributed by atoms with Crippen molar-refractivity contribution in [3.05, 3.63) is 30.3 Å². The van der Waals surface area contributed by atoms with E-state index in [1.165, 1.54) is 25.7 Å². The van der Waals surface area contributed by atoms with Crippen molar-refractivity contribution in [2.75, 3.05) is 5.32 Å². The van der Waals surface area contributed by atoms with Crippen LogP contribution in [0.25, 0.3) is 0 Å². The molecular weight excluding hydrogens is 226 g/mol. The second-order valence-corrected chi connectivity index (χ2v) is 5.37. The average Bonchev–Trinajstić information content (AvgIpc) is 2.95. The van der Waals surface area contributed by atoms with Gasteiger partial charge in [0, 0.05) is 5.69 Å². The highest BCUT2D eigenvalue weighted by Gasteiger charge is 2.41. The van der Waals surface area contributed by atoms with Crippen LogP contribution in [0.15, 0.2) is 30.3 Å². The van der Waals surface area contributed by atoms with Gasteiger partial charge in [0.1, 0.15) is 6.10 Å². The number of ether oxygens (including phenoxy) is 1. The molecular formula is C15H19NO2. The number of amides is 1. The van der Waals surface area contributed by atoms with Crippen LogP contribution in [0.5, 0.6) is 0 Å². The minimum Gasteiger partial charge on any atom is -0.446 e. The summed E-state index contributed by atoms with van der Waals surface area (Å²) in [4.78, 5) is 11.8. The standard InChI is InChI=1S/C15H19NO2/c17-15(16-12-6-2-1-3-7-12)18-14-10-9-11-5-4-8-13(11)14/h1-3,6-7,11,13-14H,4-5,8-10H2,(H,16,17)/t11-,13-,14+/m0/s1. The lowest BCUT2D eigenvalue weighted by Gasteiger charge is -2.19. The minimum absolute atomic E-state index is 0.140. The molecule has 3 rings (SSSR count). The molecule has 96 valence electrons. The summed E-state index contributed by atoms with van der Waals surface area (Å²) in [5.74, 6) is 1.42. The number of benzene rings is 1. The first kappa shape index (κ1) is 11.6. The quantitative estimate of drug-likeness (QED) is 0.860. The van der Waals surface area contributed by atoms with Gasteiger partial charge in [-0.2, -0.15) is 0 Å². The summed E-state index contributed by atoms with van der Waals surface area (Å²) in [5, 5.41) is 2.79. The van der Waals surface area contributed by atoms with E-state index in [0.29, 0.717) is 5.92 Å². The molecule has 3 atom stereocenters. The third kappa shape index (κ3) is 2.35. The van der Waals surface area contributed by atoms with Crippen LogP contribution in [0.4, 0.5) is 10.5 Å². The zero-order valence-electron chi connectivity index (χ0n) is 10.5. The monoisotopic (exact) mass is 245 g/mol. The molecule has 1 amide bonds. The molecule has 18 heavy (non-hydrogen) atoms. The van der Waals surface area contributed by atoms with Crippen molar-refractivity contribution in [2.45, 2.75) is 38.2 Å². The maximum Gasteiger partial charge on any atom is 0.411 e. The molecule has 3 nitrogen and oxygen atoms in total. The molecule has 0 saturated heterocycles. The maximum atomic E-state index is 11.8. The van der Waals surface area contributed by atoms with E-state index < -0.39 is 0 Å². The highest BCUT2D eigenvalue weighted by molar-refractivity contribution is 5.84. The number of carbonyl (C=O) groups excluding carboxylic acids is 1. The summed E-state index contributed by atoms with van der Waals surface area (Å²) in [7, 11) is 0. The fraction of sp³-hybridized carbons (Fsp3) is 0.533. The van der Waals surface area contributed by atoms with Crippen LogP contribution in [0, 0.1) is 11.8 Å². The molecule has 0 spiro atoms. The Morgan fingerprint density at radius 3 is 2.78 bits per heavy atom. The fourth-order valence-corrected chi connectivity index (χ4v) is 3.46. The van der Waals surface area contributed by atoms with Gasteiger partial charge in [-0.05, 0) is 43.2 Å². The van der Waals surface area contributed by atoms with Crippen molar-refractivity contribution in [2.24, 2.45) is 11.8 Å². The zero-order valence-corrected chi connectivity index (χ0v) is 10.5. The smallest absolute Gasteiger partial charge is 0.411 e. The lowest BCUT2D eigenvalue weighted by Crippen LogP contribution is -2.25. The number of carbonyl (C=O) groups is 1. The Balaban J connectivity index is 1.55. The number of nitrogens with one attached hydrogen (secondary N) is 1. The Bertz CT molecular complexity index is 418. The third-order valence-electron chi connectivity index (χ3n) is 4.30. The van der Waals surface area contributed by atoms with Gasteiger partial charge in [-0.15, -0.1) is 0 Å². The van der Waals surface area contributed by atoms with Gasteiger partial charge >= 0.3 is 6.09 Å². The Morgan fingerprint density at radius 1 is 1.11 bits per heavy atom. The van der Waals surface area contributed by atoms with Crippen molar-refractivity contribution < 1.29 is 9.53 Å². The van der Waals surface area contributed by atoms with Crippen LogP contribution in [-0.4, -0.2) is 12.2 Å². The molecule has 1 aromatic carbocycles. The number of anilines is 1. The fourth-order valence-electron chi connectivity index (χ4n) is 3.46. The van der Waals surface area contributed by atoms with Crippen LogP contribution >= 0.6 is 0 Å². The van der Waals surface area contributed by atoms with Crippen molar-refractivity contribution >= 4 is 11.8 Å². The van der Waals surface area contributed by atoms with E-state index in [1.54, 1.807) is 0 Å². The topological polar surface area (TPSA) is 38.3 Å². The molecule has 2 aliphatic rings. The van der Waals surface area contributed by atoms with Crippen molar-refractivity contribution in [1.82, 2.24) is 0 Å². The summed E-state index contributed by atoms with van der Waals surface area (Å²) >= 11 is 0. The molecule has 0 bridgehead atoms. The summed E-state index contributed by atoms with van der Waals surface area (Å²) in [6, 6.07) is 9.47. The van der Waals surface area contributed by atoms with E-state index in [4.69, 9.17) is 4.74 Å².